The Morgan fingerprint density at radius 3 is 2.91 bits per heavy atom. The van der Waals surface area contributed by atoms with E-state index in [4.69, 9.17) is 0 Å². The van der Waals surface area contributed by atoms with E-state index < -0.39 is 0 Å². The summed E-state index contributed by atoms with van der Waals surface area (Å²) in [5.41, 5.74) is 1.53. The molecule has 1 aromatic carbocycles. The summed E-state index contributed by atoms with van der Waals surface area (Å²) in [5.74, 6) is -0.0423. The van der Waals surface area contributed by atoms with Gasteiger partial charge in [-0.15, -0.1) is 11.3 Å². The third-order valence-electron chi connectivity index (χ3n) is 3.44. The number of anilines is 2. The number of rotatable bonds is 4. The Hall–Kier alpha value is -2.40. The number of amides is 2. The lowest BCUT2D eigenvalue weighted by Gasteiger charge is -2.16. The van der Waals surface area contributed by atoms with Crippen LogP contribution >= 0.6 is 11.3 Å². The highest BCUT2D eigenvalue weighted by Crippen LogP contribution is 2.24. The molecule has 112 valence electrons. The number of hydrogen-bond donors (Lipinski definition) is 1. The molecule has 1 aliphatic rings. The third-order valence-corrected chi connectivity index (χ3v) is 4.28. The van der Waals surface area contributed by atoms with Gasteiger partial charge >= 0.3 is 0 Å². The molecule has 0 unspecified atom stereocenters. The minimum absolute atomic E-state index is 0.140. The maximum atomic E-state index is 11.9. The SMILES string of the molecule is O=C(/C=C/c1cccs1)Nc1cccc(N2CCCC2=O)c1. The second-order valence-electron chi connectivity index (χ2n) is 5.04. The van der Waals surface area contributed by atoms with Crippen LogP contribution in [0.5, 0.6) is 0 Å². The summed E-state index contributed by atoms with van der Waals surface area (Å²) in [7, 11) is 0. The summed E-state index contributed by atoms with van der Waals surface area (Å²) in [5, 5.41) is 4.79. The van der Waals surface area contributed by atoms with Crippen LogP contribution in [0.4, 0.5) is 11.4 Å². The maximum Gasteiger partial charge on any atom is 0.248 e. The van der Waals surface area contributed by atoms with E-state index in [0.29, 0.717) is 12.1 Å². The Balaban J connectivity index is 1.67. The molecule has 0 aliphatic carbocycles. The summed E-state index contributed by atoms with van der Waals surface area (Å²) < 4.78 is 0. The van der Waals surface area contributed by atoms with Crippen LogP contribution in [0.2, 0.25) is 0 Å². The van der Waals surface area contributed by atoms with Gasteiger partial charge in [0.05, 0.1) is 0 Å². The lowest BCUT2D eigenvalue weighted by molar-refractivity contribution is -0.117. The molecule has 1 N–H and O–H groups in total. The summed E-state index contributed by atoms with van der Waals surface area (Å²) in [6.45, 7) is 0.745. The molecule has 4 nitrogen and oxygen atoms in total. The first-order valence-electron chi connectivity index (χ1n) is 7.15. The number of benzene rings is 1. The molecular weight excluding hydrogens is 296 g/mol. The highest BCUT2D eigenvalue weighted by Gasteiger charge is 2.21. The quantitative estimate of drug-likeness (QED) is 0.878. The predicted molar refractivity (Wildman–Crippen MR) is 90.0 cm³/mol. The molecule has 2 heterocycles. The van der Waals surface area contributed by atoms with Crippen LogP contribution in [-0.4, -0.2) is 18.4 Å². The molecule has 1 aliphatic heterocycles. The first-order chi connectivity index (χ1) is 10.7. The van der Waals surface area contributed by atoms with Gasteiger partial charge < -0.3 is 10.2 Å². The Morgan fingerprint density at radius 1 is 1.27 bits per heavy atom. The standard InChI is InChI=1S/C17H16N2O2S/c20-16(9-8-15-6-3-11-22-15)18-13-4-1-5-14(12-13)19-10-2-7-17(19)21/h1,3-6,8-9,11-12H,2,7,10H2,(H,18,20)/b9-8+. The monoisotopic (exact) mass is 312 g/mol. The molecule has 2 aromatic rings. The van der Waals surface area contributed by atoms with Crippen molar-refractivity contribution in [1.29, 1.82) is 0 Å². The highest BCUT2D eigenvalue weighted by atomic mass is 32.1. The van der Waals surface area contributed by atoms with Crippen LogP contribution in [0.15, 0.2) is 47.9 Å². The second-order valence-corrected chi connectivity index (χ2v) is 6.02. The predicted octanol–water partition coefficient (Wildman–Crippen LogP) is 3.53. The van der Waals surface area contributed by atoms with Gasteiger partial charge in [-0.2, -0.15) is 0 Å². The molecule has 22 heavy (non-hydrogen) atoms. The first kappa shape index (κ1) is 14.5. The molecule has 0 atom stereocenters. The molecule has 0 bridgehead atoms. The Kier molecular flexibility index (Phi) is 4.34. The fraction of sp³-hybridized carbons (Fsp3) is 0.176. The van der Waals surface area contributed by atoms with Gasteiger partial charge in [-0.25, -0.2) is 0 Å². The molecule has 1 aromatic heterocycles. The minimum Gasteiger partial charge on any atom is -0.322 e. The van der Waals surface area contributed by atoms with Crippen LogP contribution in [0.1, 0.15) is 17.7 Å². The lowest BCUT2D eigenvalue weighted by Crippen LogP contribution is -2.23. The van der Waals surface area contributed by atoms with Crippen LogP contribution in [-0.2, 0) is 9.59 Å². The summed E-state index contributed by atoms with van der Waals surface area (Å²) >= 11 is 1.58. The van der Waals surface area contributed by atoms with Gasteiger partial charge in [-0.1, -0.05) is 12.1 Å². The van der Waals surface area contributed by atoms with Crippen molar-refractivity contribution in [1.82, 2.24) is 0 Å². The van der Waals surface area contributed by atoms with Gasteiger partial charge in [-0.05, 0) is 42.1 Å². The third kappa shape index (κ3) is 3.43. The maximum absolute atomic E-state index is 11.9. The number of nitrogens with one attached hydrogen (secondary N) is 1. The number of nitrogens with zero attached hydrogens (tertiary/aromatic N) is 1. The van der Waals surface area contributed by atoms with Crippen molar-refractivity contribution in [2.75, 3.05) is 16.8 Å². The number of carbonyl (C=O) groups is 2. The molecule has 0 radical (unpaired) electrons. The Labute approximate surface area is 133 Å². The zero-order chi connectivity index (χ0) is 15.4. The summed E-state index contributed by atoms with van der Waals surface area (Å²) in [4.78, 5) is 26.5. The van der Waals surface area contributed by atoms with E-state index >= 15 is 0 Å². The number of hydrogen-bond acceptors (Lipinski definition) is 3. The minimum atomic E-state index is -0.182. The molecule has 0 spiro atoms. The van der Waals surface area contributed by atoms with Crippen molar-refractivity contribution in [3.8, 4) is 0 Å². The second kappa shape index (κ2) is 6.58. The first-order valence-corrected chi connectivity index (χ1v) is 8.03. The van der Waals surface area contributed by atoms with Crippen LogP contribution in [0.25, 0.3) is 6.08 Å². The van der Waals surface area contributed by atoms with E-state index in [1.165, 1.54) is 6.08 Å². The summed E-state index contributed by atoms with van der Waals surface area (Å²) in [6, 6.07) is 11.3. The van der Waals surface area contributed by atoms with Gasteiger partial charge in [-0.3, -0.25) is 9.59 Å². The van der Waals surface area contributed by atoms with Crippen molar-refractivity contribution in [2.45, 2.75) is 12.8 Å². The van der Waals surface area contributed by atoms with Gasteiger partial charge in [0.1, 0.15) is 0 Å². The van der Waals surface area contributed by atoms with E-state index in [2.05, 4.69) is 5.32 Å². The smallest absolute Gasteiger partial charge is 0.248 e. The van der Waals surface area contributed by atoms with Crippen molar-refractivity contribution in [2.24, 2.45) is 0 Å². The van der Waals surface area contributed by atoms with Crippen molar-refractivity contribution in [3.05, 3.63) is 52.7 Å². The van der Waals surface area contributed by atoms with E-state index in [1.54, 1.807) is 22.3 Å². The zero-order valence-electron chi connectivity index (χ0n) is 12.0. The molecule has 3 rings (SSSR count). The fourth-order valence-electron chi connectivity index (χ4n) is 2.40. The van der Waals surface area contributed by atoms with E-state index in [0.717, 1.165) is 23.5 Å². The summed E-state index contributed by atoms with van der Waals surface area (Å²) in [6.07, 6.45) is 4.78. The zero-order valence-corrected chi connectivity index (χ0v) is 12.8. The average molecular weight is 312 g/mol. The normalized spacial score (nSPS) is 14.7. The molecule has 5 heteroatoms. The molecule has 0 saturated carbocycles. The number of carbonyl (C=O) groups excluding carboxylic acids is 2. The lowest BCUT2D eigenvalue weighted by atomic mass is 10.2. The fourth-order valence-corrected chi connectivity index (χ4v) is 3.02. The van der Waals surface area contributed by atoms with E-state index in [9.17, 15) is 9.59 Å². The Morgan fingerprint density at radius 2 is 2.18 bits per heavy atom. The topological polar surface area (TPSA) is 49.4 Å². The van der Waals surface area contributed by atoms with Crippen LogP contribution in [0, 0.1) is 0 Å². The largest absolute Gasteiger partial charge is 0.322 e. The molecule has 1 saturated heterocycles. The van der Waals surface area contributed by atoms with Gasteiger partial charge in [0.2, 0.25) is 11.8 Å². The van der Waals surface area contributed by atoms with E-state index in [1.807, 2.05) is 41.8 Å². The van der Waals surface area contributed by atoms with Crippen molar-refractivity contribution in [3.63, 3.8) is 0 Å². The molecular formula is C17H16N2O2S. The molecule has 1 fully saturated rings. The van der Waals surface area contributed by atoms with E-state index in [-0.39, 0.29) is 11.8 Å². The molecule has 2 amide bonds. The van der Waals surface area contributed by atoms with Crippen molar-refractivity contribution < 1.29 is 9.59 Å². The van der Waals surface area contributed by atoms with Gasteiger partial charge in [0, 0.05) is 35.3 Å². The van der Waals surface area contributed by atoms with Crippen molar-refractivity contribution >= 4 is 40.6 Å². The Bertz CT molecular complexity index is 707. The van der Waals surface area contributed by atoms with Gasteiger partial charge in [0.15, 0.2) is 0 Å². The van der Waals surface area contributed by atoms with Crippen LogP contribution in [0.3, 0.4) is 0 Å². The van der Waals surface area contributed by atoms with Crippen LogP contribution < -0.4 is 10.2 Å². The number of thiophene rings is 1. The highest BCUT2D eigenvalue weighted by molar-refractivity contribution is 7.10. The van der Waals surface area contributed by atoms with Gasteiger partial charge in [0.25, 0.3) is 0 Å². The average Bonchev–Trinajstić information content (AvgIpc) is 3.16.